The first-order valence-corrected chi connectivity index (χ1v) is 10.4. The standard InChI is InChI=1S/C20H23FN2O3S/c1-23(27(25,26)17-11-9-16(21)10-12-17)14-4-7-20(24)22-19-13-8-15-5-2-3-6-18(15)19/h2-3,5-6,9-12,19H,4,7-8,13-14H2,1H3,(H,22,24). The van der Waals surface area contributed by atoms with Gasteiger partial charge in [0.15, 0.2) is 0 Å². The van der Waals surface area contributed by atoms with E-state index in [0.29, 0.717) is 6.42 Å². The van der Waals surface area contributed by atoms with E-state index in [2.05, 4.69) is 11.4 Å². The summed E-state index contributed by atoms with van der Waals surface area (Å²) < 4.78 is 39.0. The summed E-state index contributed by atoms with van der Waals surface area (Å²) in [5.41, 5.74) is 2.44. The molecule has 0 aromatic heterocycles. The van der Waals surface area contributed by atoms with E-state index in [-0.39, 0.29) is 29.8 Å². The third-order valence-corrected chi connectivity index (χ3v) is 6.74. The Morgan fingerprint density at radius 3 is 2.63 bits per heavy atom. The molecular formula is C20H23FN2O3S. The second kappa shape index (κ2) is 8.19. The maximum Gasteiger partial charge on any atom is 0.242 e. The smallest absolute Gasteiger partial charge is 0.242 e. The van der Waals surface area contributed by atoms with Crippen LogP contribution in [0.5, 0.6) is 0 Å². The lowest BCUT2D eigenvalue weighted by Gasteiger charge is -2.18. The van der Waals surface area contributed by atoms with E-state index in [9.17, 15) is 17.6 Å². The summed E-state index contributed by atoms with van der Waals surface area (Å²) in [5.74, 6) is -0.564. The van der Waals surface area contributed by atoms with Gasteiger partial charge in [0.1, 0.15) is 5.82 Å². The third kappa shape index (κ3) is 4.54. The lowest BCUT2D eigenvalue weighted by atomic mass is 10.1. The fourth-order valence-electron chi connectivity index (χ4n) is 3.34. The van der Waals surface area contributed by atoms with E-state index >= 15 is 0 Å². The van der Waals surface area contributed by atoms with Crippen molar-refractivity contribution in [2.45, 2.75) is 36.6 Å². The SMILES string of the molecule is CN(CCCC(=O)NC1CCc2ccccc21)S(=O)(=O)c1ccc(F)cc1. The molecule has 3 rings (SSSR count). The van der Waals surface area contributed by atoms with E-state index in [1.165, 1.54) is 34.6 Å². The van der Waals surface area contributed by atoms with Crippen LogP contribution in [0.1, 0.15) is 36.4 Å². The summed E-state index contributed by atoms with van der Waals surface area (Å²) in [7, 11) is -2.22. The van der Waals surface area contributed by atoms with Gasteiger partial charge >= 0.3 is 0 Å². The summed E-state index contributed by atoms with van der Waals surface area (Å²) in [5, 5.41) is 3.04. The molecule has 0 aliphatic heterocycles. The number of fused-ring (bicyclic) bond motifs is 1. The number of halogens is 1. The molecule has 144 valence electrons. The average molecular weight is 390 g/mol. The van der Waals surface area contributed by atoms with E-state index in [1.807, 2.05) is 18.2 Å². The molecule has 0 spiro atoms. The molecule has 2 aromatic carbocycles. The zero-order valence-electron chi connectivity index (χ0n) is 15.2. The fourth-order valence-corrected chi connectivity index (χ4v) is 4.55. The molecule has 1 aliphatic rings. The minimum Gasteiger partial charge on any atom is -0.349 e. The van der Waals surface area contributed by atoms with Gasteiger partial charge in [-0.3, -0.25) is 4.79 Å². The number of rotatable bonds is 7. The number of hydrogen-bond donors (Lipinski definition) is 1. The van der Waals surface area contributed by atoms with Gasteiger partial charge in [0.2, 0.25) is 15.9 Å². The highest BCUT2D eigenvalue weighted by atomic mass is 32.2. The Labute approximate surface area is 159 Å². The van der Waals surface area contributed by atoms with Crippen molar-refractivity contribution in [1.82, 2.24) is 9.62 Å². The number of amides is 1. The van der Waals surface area contributed by atoms with Crippen molar-refractivity contribution in [3.63, 3.8) is 0 Å². The molecule has 0 fully saturated rings. The zero-order chi connectivity index (χ0) is 19.4. The maximum atomic E-state index is 13.0. The van der Waals surface area contributed by atoms with E-state index in [0.717, 1.165) is 25.0 Å². The van der Waals surface area contributed by atoms with Gasteiger partial charge in [-0.25, -0.2) is 17.1 Å². The van der Waals surface area contributed by atoms with Crippen LogP contribution in [-0.4, -0.2) is 32.2 Å². The summed E-state index contributed by atoms with van der Waals surface area (Å²) in [6.07, 6.45) is 2.52. The summed E-state index contributed by atoms with van der Waals surface area (Å²) in [6.45, 7) is 0.217. The van der Waals surface area contributed by atoms with Crippen molar-refractivity contribution < 1.29 is 17.6 Å². The summed E-state index contributed by atoms with van der Waals surface area (Å²) >= 11 is 0. The third-order valence-electron chi connectivity index (χ3n) is 4.87. The van der Waals surface area contributed by atoms with Gasteiger partial charge in [-0.2, -0.15) is 0 Å². The maximum absolute atomic E-state index is 13.0. The van der Waals surface area contributed by atoms with Gasteiger partial charge in [0.25, 0.3) is 0 Å². The molecule has 5 nitrogen and oxygen atoms in total. The first-order valence-electron chi connectivity index (χ1n) is 8.97. The highest BCUT2D eigenvalue weighted by Gasteiger charge is 2.24. The molecule has 0 saturated heterocycles. The largest absolute Gasteiger partial charge is 0.349 e. The Morgan fingerprint density at radius 1 is 1.19 bits per heavy atom. The van der Waals surface area contributed by atoms with Crippen LogP contribution in [0.25, 0.3) is 0 Å². The number of benzene rings is 2. The van der Waals surface area contributed by atoms with Crippen molar-refractivity contribution >= 4 is 15.9 Å². The van der Waals surface area contributed by atoms with E-state index in [4.69, 9.17) is 0 Å². The van der Waals surface area contributed by atoms with Crippen LogP contribution in [0.4, 0.5) is 4.39 Å². The second-order valence-corrected chi connectivity index (χ2v) is 8.79. The number of carbonyl (C=O) groups is 1. The predicted molar refractivity (Wildman–Crippen MR) is 101 cm³/mol. The Hall–Kier alpha value is -2.25. The molecule has 1 N–H and O–H groups in total. The first kappa shape index (κ1) is 19.5. The molecule has 0 radical (unpaired) electrons. The first-order chi connectivity index (χ1) is 12.9. The van der Waals surface area contributed by atoms with Crippen molar-refractivity contribution in [1.29, 1.82) is 0 Å². The summed E-state index contributed by atoms with van der Waals surface area (Å²) in [6, 6.07) is 12.8. The Balaban J connectivity index is 1.49. The molecule has 1 unspecified atom stereocenters. The topological polar surface area (TPSA) is 66.5 Å². The zero-order valence-corrected chi connectivity index (χ0v) is 16.0. The number of hydrogen-bond acceptors (Lipinski definition) is 3. The quantitative estimate of drug-likeness (QED) is 0.790. The molecule has 2 aromatic rings. The number of aryl methyl sites for hydroxylation is 1. The molecule has 0 heterocycles. The Morgan fingerprint density at radius 2 is 1.89 bits per heavy atom. The molecule has 1 amide bonds. The van der Waals surface area contributed by atoms with Crippen molar-refractivity contribution in [3.8, 4) is 0 Å². The molecule has 0 saturated carbocycles. The van der Waals surface area contributed by atoms with Crippen LogP contribution >= 0.6 is 0 Å². The van der Waals surface area contributed by atoms with E-state index < -0.39 is 15.8 Å². The molecule has 0 bridgehead atoms. The van der Waals surface area contributed by atoms with Crippen LogP contribution in [0.2, 0.25) is 0 Å². The normalized spacial score (nSPS) is 16.3. The fraction of sp³-hybridized carbons (Fsp3) is 0.350. The number of nitrogens with one attached hydrogen (secondary N) is 1. The second-order valence-electron chi connectivity index (χ2n) is 6.74. The Bertz CT molecular complexity index is 913. The highest BCUT2D eigenvalue weighted by molar-refractivity contribution is 7.89. The minimum absolute atomic E-state index is 0.0365. The number of sulfonamides is 1. The van der Waals surface area contributed by atoms with Crippen molar-refractivity contribution in [2.75, 3.05) is 13.6 Å². The lowest BCUT2D eigenvalue weighted by molar-refractivity contribution is -0.122. The number of carbonyl (C=O) groups excluding carboxylic acids is 1. The molecule has 1 atom stereocenters. The molecular weight excluding hydrogens is 367 g/mol. The van der Waals surface area contributed by atoms with Gasteiger partial charge in [-0.1, -0.05) is 24.3 Å². The monoisotopic (exact) mass is 390 g/mol. The predicted octanol–water partition coefficient (Wildman–Crippen LogP) is 3.03. The van der Waals surface area contributed by atoms with Crippen molar-refractivity contribution in [3.05, 3.63) is 65.5 Å². The summed E-state index contributed by atoms with van der Waals surface area (Å²) in [4.78, 5) is 12.3. The van der Waals surface area contributed by atoms with E-state index in [1.54, 1.807) is 0 Å². The minimum atomic E-state index is -3.68. The van der Waals surface area contributed by atoms with Crippen LogP contribution in [0.3, 0.4) is 0 Å². The van der Waals surface area contributed by atoms with Gasteiger partial charge in [-0.15, -0.1) is 0 Å². The lowest BCUT2D eigenvalue weighted by Crippen LogP contribution is -2.30. The van der Waals surface area contributed by atoms with Gasteiger partial charge in [-0.05, 0) is 54.7 Å². The number of nitrogens with zero attached hydrogens (tertiary/aromatic N) is 1. The molecule has 27 heavy (non-hydrogen) atoms. The molecule has 7 heteroatoms. The van der Waals surface area contributed by atoms with Gasteiger partial charge in [0, 0.05) is 20.0 Å². The Kier molecular flexibility index (Phi) is 5.92. The van der Waals surface area contributed by atoms with Crippen molar-refractivity contribution in [2.24, 2.45) is 0 Å². The van der Waals surface area contributed by atoms with Crippen LogP contribution < -0.4 is 5.32 Å². The van der Waals surface area contributed by atoms with Crippen LogP contribution in [0.15, 0.2) is 53.4 Å². The van der Waals surface area contributed by atoms with Gasteiger partial charge in [0.05, 0.1) is 10.9 Å². The van der Waals surface area contributed by atoms with Crippen LogP contribution in [-0.2, 0) is 21.2 Å². The van der Waals surface area contributed by atoms with Gasteiger partial charge < -0.3 is 5.32 Å². The van der Waals surface area contributed by atoms with Crippen LogP contribution in [0, 0.1) is 5.82 Å². The average Bonchev–Trinajstić information content (AvgIpc) is 3.05. The molecule has 1 aliphatic carbocycles. The highest BCUT2D eigenvalue weighted by Crippen LogP contribution is 2.30.